The number of anilines is 1. The van der Waals surface area contributed by atoms with Crippen molar-refractivity contribution >= 4 is 27.4 Å². The zero-order valence-corrected chi connectivity index (χ0v) is 20.8. The Morgan fingerprint density at radius 2 is 1.76 bits per heavy atom. The fourth-order valence-corrected chi connectivity index (χ4v) is 7.48. The largest absolute Gasteiger partial charge is 0.393 e. The number of hydrogen-bond acceptors (Lipinski definition) is 5. The molecule has 4 nitrogen and oxygen atoms in total. The summed E-state index contributed by atoms with van der Waals surface area (Å²) >= 11 is 1.11. The Labute approximate surface area is 202 Å². The highest BCUT2D eigenvalue weighted by Crippen LogP contribution is 2.44. The van der Waals surface area contributed by atoms with Crippen molar-refractivity contribution in [3.05, 3.63) is 17.3 Å². The molecule has 1 atom stereocenters. The zero-order chi connectivity index (χ0) is 24.1. The third-order valence-corrected chi connectivity index (χ3v) is 9.37. The van der Waals surface area contributed by atoms with Crippen LogP contribution < -0.4 is 4.90 Å². The second-order valence-electron chi connectivity index (χ2n) is 11.4. The Bertz CT molecular complexity index is 1010. The van der Waals surface area contributed by atoms with Crippen LogP contribution in [0.1, 0.15) is 57.2 Å². The SMILES string of the molecule is CC(C)(F)C1CCC(CN2CCC3(CCN(c4ncnc5sc(CC(F)(F)F)cc45)C3)C2)CC1. The van der Waals surface area contributed by atoms with Crippen LogP contribution in [-0.4, -0.2) is 59.4 Å². The first kappa shape index (κ1) is 24.2. The van der Waals surface area contributed by atoms with Crippen LogP contribution in [0.25, 0.3) is 10.2 Å². The molecule has 0 radical (unpaired) electrons. The average molecular weight is 499 g/mol. The number of likely N-dealkylation sites (tertiary alicyclic amines) is 1. The Kier molecular flexibility index (Phi) is 6.32. The molecule has 9 heteroatoms. The lowest BCUT2D eigenvalue weighted by molar-refractivity contribution is -0.126. The number of fused-ring (bicyclic) bond motifs is 1. The first-order valence-electron chi connectivity index (χ1n) is 12.5. The lowest BCUT2D eigenvalue weighted by atomic mass is 9.75. The van der Waals surface area contributed by atoms with Crippen LogP contribution in [0.5, 0.6) is 0 Å². The lowest BCUT2D eigenvalue weighted by Gasteiger charge is -2.36. The van der Waals surface area contributed by atoms with E-state index in [0.717, 1.165) is 93.8 Å². The summed E-state index contributed by atoms with van der Waals surface area (Å²) in [6.45, 7) is 8.46. The van der Waals surface area contributed by atoms with E-state index >= 15 is 0 Å². The van der Waals surface area contributed by atoms with Gasteiger partial charge < -0.3 is 9.80 Å². The second kappa shape index (κ2) is 8.87. The van der Waals surface area contributed by atoms with Gasteiger partial charge in [-0.2, -0.15) is 13.2 Å². The molecule has 2 aromatic heterocycles. The minimum absolute atomic E-state index is 0.190. The Balaban J connectivity index is 1.21. The molecule has 1 spiro atoms. The molecule has 2 aromatic rings. The van der Waals surface area contributed by atoms with E-state index in [1.807, 2.05) is 0 Å². The van der Waals surface area contributed by atoms with Crippen molar-refractivity contribution in [2.75, 3.05) is 37.6 Å². The number of thiophene rings is 1. The molecule has 34 heavy (non-hydrogen) atoms. The summed E-state index contributed by atoms with van der Waals surface area (Å²) in [4.78, 5) is 14.5. The number of alkyl halides is 4. The number of rotatable bonds is 5. The molecule has 0 amide bonds. The summed E-state index contributed by atoms with van der Waals surface area (Å²) < 4.78 is 52.9. The smallest absolute Gasteiger partial charge is 0.355 e. The Morgan fingerprint density at radius 3 is 2.47 bits per heavy atom. The van der Waals surface area contributed by atoms with Crippen molar-refractivity contribution in [2.45, 2.75) is 70.6 Å². The van der Waals surface area contributed by atoms with Crippen LogP contribution in [0.3, 0.4) is 0 Å². The van der Waals surface area contributed by atoms with Crippen molar-refractivity contribution in [1.82, 2.24) is 14.9 Å². The van der Waals surface area contributed by atoms with Crippen LogP contribution in [0.2, 0.25) is 0 Å². The molecule has 0 N–H and O–H groups in total. The first-order valence-corrected chi connectivity index (χ1v) is 13.3. The molecule has 2 aliphatic heterocycles. The lowest BCUT2D eigenvalue weighted by Crippen LogP contribution is -2.36. The van der Waals surface area contributed by atoms with Gasteiger partial charge in [-0.25, -0.2) is 14.4 Å². The van der Waals surface area contributed by atoms with Gasteiger partial charge in [0.05, 0.1) is 11.8 Å². The molecule has 5 rings (SSSR count). The highest BCUT2D eigenvalue weighted by atomic mass is 32.1. The summed E-state index contributed by atoms with van der Waals surface area (Å²) in [5.41, 5.74) is -0.849. The summed E-state index contributed by atoms with van der Waals surface area (Å²) in [6, 6.07) is 1.63. The Morgan fingerprint density at radius 1 is 1.03 bits per heavy atom. The standard InChI is InChI=1S/C25H34F4N4S/c1-23(2,26)18-5-3-17(4-6-18)13-32-9-7-24(14-32)8-10-33(15-24)21-20-11-19(12-25(27,28)29)34-22(20)31-16-30-21/h11,16-18H,3-10,12-15H2,1-2H3. The van der Waals surface area contributed by atoms with Gasteiger partial charge in [0.1, 0.15) is 22.6 Å². The van der Waals surface area contributed by atoms with Gasteiger partial charge in [-0.1, -0.05) is 0 Å². The third kappa shape index (κ3) is 5.20. The van der Waals surface area contributed by atoms with E-state index in [-0.39, 0.29) is 16.2 Å². The van der Waals surface area contributed by atoms with Crippen molar-refractivity contribution in [3.63, 3.8) is 0 Å². The van der Waals surface area contributed by atoms with Crippen LogP contribution in [0.4, 0.5) is 23.4 Å². The van der Waals surface area contributed by atoms with Crippen LogP contribution in [-0.2, 0) is 6.42 Å². The number of hydrogen-bond donors (Lipinski definition) is 0. The van der Waals surface area contributed by atoms with Crippen molar-refractivity contribution in [3.8, 4) is 0 Å². The number of aromatic nitrogens is 2. The van der Waals surface area contributed by atoms with E-state index < -0.39 is 18.3 Å². The van der Waals surface area contributed by atoms with E-state index in [1.54, 1.807) is 19.9 Å². The highest BCUT2D eigenvalue weighted by molar-refractivity contribution is 7.18. The van der Waals surface area contributed by atoms with Crippen molar-refractivity contribution in [2.24, 2.45) is 17.3 Å². The molecule has 3 aliphatic rings. The molecule has 1 aliphatic carbocycles. The molecule has 2 saturated heterocycles. The molecular weight excluding hydrogens is 464 g/mol. The van der Waals surface area contributed by atoms with E-state index in [2.05, 4.69) is 19.8 Å². The minimum Gasteiger partial charge on any atom is -0.355 e. The maximum Gasteiger partial charge on any atom is 0.393 e. The second-order valence-corrected chi connectivity index (χ2v) is 12.5. The molecule has 3 fully saturated rings. The third-order valence-electron chi connectivity index (χ3n) is 8.32. The van der Waals surface area contributed by atoms with Gasteiger partial charge in [-0.15, -0.1) is 11.3 Å². The predicted molar refractivity (Wildman–Crippen MR) is 128 cm³/mol. The molecule has 1 unspecified atom stereocenters. The summed E-state index contributed by atoms with van der Waals surface area (Å²) in [5.74, 6) is 1.62. The first-order chi connectivity index (χ1) is 16.0. The summed E-state index contributed by atoms with van der Waals surface area (Å²) in [7, 11) is 0. The average Bonchev–Trinajstić information content (AvgIpc) is 3.45. The monoisotopic (exact) mass is 498 g/mol. The number of halogens is 4. The topological polar surface area (TPSA) is 32.3 Å². The molecule has 188 valence electrons. The minimum atomic E-state index is -4.22. The van der Waals surface area contributed by atoms with Crippen LogP contribution >= 0.6 is 11.3 Å². The van der Waals surface area contributed by atoms with Gasteiger partial charge >= 0.3 is 6.18 Å². The van der Waals surface area contributed by atoms with E-state index in [4.69, 9.17) is 0 Å². The van der Waals surface area contributed by atoms with Gasteiger partial charge in [-0.05, 0) is 76.8 Å². The molecule has 0 aromatic carbocycles. The van der Waals surface area contributed by atoms with E-state index in [9.17, 15) is 17.6 Å². The molecule has 0 bridgehead atoms. The van der Waals surface area contributed by atoms with Gasteiger partial charge in [-0.3, -0.25) is 0 Å². The fourth-order valence-electron chi connectivity index (χ4n) is 6.46. The zero-order valence-electron chi connectivity index (χ0n) is 20.0. The van der Waals surface area contributed by atoms with Crippen molar-refractivity contribution in [1.29, 1.82) is 0 Å². The number of nitrogens with zero attached hydrogens (tertiary/aromatic N) is 4. The summed E-state index contributed by atoms with van der Waals surface area (Å²) in [5, 5.41) is 0.742. The normalized spacial score (nSPS) is 29.1. The van der Waals surface area contributed by atoms with Gasteiger partial charge in [0, 0.05) is 36.5 Å². The maximum atomic E-state index is 14.3. The highest BCUT2D eigenvalue weighted by Gasteiger charge is 2.45. The summed E-state index contributed by atoms with van der Waals surface area (Å²) in [6.07, 6.45) is 2.77. The van der Waals surface area contributed by atoms with E-state index in [1.165, 1.54) is 6.33 Å². The van der Waals surface area contributed by atoms with Crippen LogP contribution in [0.15, 0.2) is 12.4 Å². The van der Waals surface area contributed by atoms with Gasteiger partial charge in [0.15, 0.2) is 0 Å². The van der Waals surface area contributed by atoms with Gasteiger partial charge in [0.25, 0.3) is 0 Å². The fraction of sp³-hybridized carbons (Fsp3) is 0.760. The van der Waals surface area contributed by atoms with E-state index in [0.29, 0.717) is 10.7 Å². The predicted octanol–water partition coefficient (Wildman–Crippen LogP) is 6.25. The molecule has 1 saturated carbocycles. The molecular formula is C25H34F4N4S. The quantitative estimate of drug-likeness (QED) is 0.456. The van der Waals surface area contributed by atoms with Crippen LogP contribution in [0, 0.1) is 17.3 Å². The maximum absolute atomic E-state index is 14.3. The van der Waals surface area contributed by atoms with Gasteiger partial charge in [0.2, 0.25) is 0 Å². The van der Waals surface area contributed by atoms with Crippen molar-refractivity contribution < 1.29 is 17.6 Å². The Hall–Kier alpha value is -1.48. The molecule has 4 heterocycles.